The second-order valence-corrected chi connectivity index (χ2v) is 6.19. The van der Waals surface area contributed by atoms with Gasteiger partial charge in [0.1, 0.15) is 5.75 Å². The molecule has 0 bridgehead atoms. The van der Waals surface area contributed by atoms with Crippen molar-refractivity contribution in [3.63, 3.8) is 0 Å². The standard InChI is InChI=1S/C14H14O5S/c1-9(14(15)16)10-3-4-12-8-13(19-20(2,17)18)6-5-11(12)7-10/h3-9H,1-2H3,(H,15,16). The normalized spacial score (nSPS) is 13.1. The van der Waals surface area contributed by atoms with Crippen LogP contribution in [0.2, 0.25) is 0 Å². The van der Waals surface area contributed by atoms with Gasteiger partial charge < -0.3 is 9.29 Å². The number of rotatable bonds is 4. The van der Waals surface area contributed by atoms with Crippen LogP contribution in [0.4, 0.5) is 0 Å². The van der Waals surface area contributed by atoms with Gasteiger partial charge in [-0.3, -0.25) is 4.79 Å². The first kappa shape index (κ1) is 14.3. The van der Waals surface area contributed by atoms with Crippen molar-refractivity contribution in [3.05, 3.63) is 42.0 Å². The zero-order valence-electron chi connectivity index (χ0n) is 11.0. The minimum absolute atomic E-state index is 0.235. The summed E-state index contributed by atoms with van der Waals surface area (Å²) in [6.07, 6.45) is 0.981. The number of hydrogen-bond acceptors (Lipinski definition) is 4. The van der Waals surface area contributed by atoms with E-state index in [1.807, 2.05) is 0 Å². The van der Waals surface area contributed by atoms with Crippen LogP contribution in [0, 0.1) is 0 Å². The van der Waals surface area contributed by atoms with Crippen LogP contribution in [-0.4, -0.2) is 25.7 Å². The van der Waals surface area contributed by atoms with Crippen LogP contribution < -0.4 is 4.18 Å². The van der Waals surface area contributed by atoms with E-state index in [-0.39, 0.29) is 5.75 Å². The third-order valence-electron chi connectivity index (χ3n) is 2.95. The van der Waals surface area contributed by atoms with E-state index in [2.05, 4.69) is 0 Å². The molecule has 0 saturated heterocycles. The molecule has 0 amide bonds. The Morgan fingerprint density at radius 2 is 1.75 bits per heavy atom. The van der Waals surface area contributed by atoms with E-state index in [4.69, 9.17) is 9.29 Å². The zero-order valence-corrected chi connectivity index (χ0v) is 11.8. The molecule has 1 atom stereocenters. The van der Waals surface area contributed by atoms with Crippen LogP contribution in [0.5, 0.6) is 5.75 Å². The minimum atomic E-state index is -3.56. The molecule has 5 nitrogen and oxygen atoms in total. The smallest absolute Gasteiger partial charge is 0.310 e. The topological polar surface area (TPSA) is 80.7 Å². The summed E-state index contributed by atoms with van der Waals surface area (Å²) in [5.41, 5.74) is 0.696. The molecule has 2 aromatic rings. The van der Waals surface area contributed by atoms with E-state index < -0.39 is 22.0 Å². The third-order valence-corrected chi connectivity index (χ3v) is 3.45. The average molecular weight is 294 g/mol. The molecule has 20 heavy (non-hydrogen) atoms. The lowest BCUT2D eigenvalue weighted by molar-refractivity contribution is -0.138. The molecule has 0 aliphatic heterocycles. The number of aliphatic carboxylic acids is 1. The van der Waals surface area contributed by atoms with Crippen molar-refractivity contribution in [3.8, 4) is 5.75 Å². The van der Waals surface area contributed by atoms with Gasteiger partial charge in [0, 0.05) is 0 Å². The Bertz CT molecular complexity index is 764. The summed E-state index contributed by atoms with van der Waals surface area (Å²) in [7, 11) is -3.56. The summed E-state index contributed by atoms with van der Waals surface area (Å²) in [6, 6.07) is 10.1. The van der Waals surface area contributed by atoms with Gasteiger partial charge in [-0.15, -0.1) is 0 Å². The molecule has 0 fully saturated rings. The highest BCUT2D eigenvalue weighted by Gasteiger charge is 2.14. The maximum absolute atomic E-state index is 11.1. The SMILES string of the molecule is CC(C(=O)O)c1ccc2cc(OS(C)(=O)=O)ccc2c1. The third kappa shape index (κ3) is 3.27. The Balaban J connectivity index is 2.42. The predicted molar refractivity (Wildman–Crippen MR) is 75.5 cm³/mol. The van der Waals surface area contributed by atoms with Crippen LogP contribution in [0.15, 0.2) is 36.4 Å². The van der Waals surface area contributed by atoms with E-state index in [0.29, 0.717) is 5.56 Å². The second-order valence-electron chi connectivity index (χ2n) is 4.62. The lowest BCUT2D eigenvalue weighted by atomic mass is 9.98. The summed E-state index contributed by atoms with van der Waals surface area (Å²) in [4.78, 5) is 11.0. The first-order valence-corrected chi connectivity index (χ1v) is 7.74. The van der Waals surface area contributed by atoms with E-state index in [1.54, 1.807) is 43.3 Å². The molecular weight excluding hydrogens is 280 g/mol. The first-order valence-electron chi connectivity index (χ1n) is 5.92. The summed E-state index contributed by atoms with van der Waals surface area (Å²) < 4.78 is 26.9. The van der Waals surface area contributed by atoms with Gasteiger partial charge in [-0.05, 0) is 35.4 Å². The Morgan fingerprint density at radius 3 is 2.35 bits per heavy atom. The van der Waals surface area contributed by atoms with Crippen molar-refractivity contribution >= 4 is 26.9 Å². The Hall–Kier alpha value is -2.08. The van der Waals surface area contributed by atoms with Gasteiger partial charge in [0.15, 0.2) is 0 Å². The molecule has 106 valence electrons. The molecule has 1 N–H and O–H groups in total. The summed E-state index contributed by atoms with van der Waals surface area (Å²) >= 11 is 0. The number of carbonyl (C=O) groups is 1. The van der Waals surface area contributed by atoms with Crippen molar-refractivity contribution in [2.45, 2.75) is 12.8 Å². The number of carboxylic acid groups (broad SMARTS) is 1. The molecule has 2 rings (SSSR count). The van der Waals surface area contributed by atoms with Crippen LogP contribution in [-0.2, 0) is 14.9 Å². The zero-order chi connectivity index (χ0) is 14.9. The monoisotopic (exact) mass is 294 g/mol. The molecule has 0 aromatic heterocycles. The summed E-state index contributed by atoms with van der Waals surface area (Å²) in [5.74, 6) is -1.24. The first-order chi connectivity index (χ1) is 9.26. The van der Waals surface area contributed by atoms with E-state index in [1.165, 1.54) is 0 Å². The number of fused-ring (bicyclic) bond motifs is 1. The number of carboxylic acids is 1. The largest absolute Gasteiger partial charge is 0.481 e. The van der Waals surface area contributed by atoms with Gasteiger partial charge in [0.25, 0.3) is 0 Å². The van der Waals surface area contributed by atoms with Crippen LogP contribution in [0.1, 0.15) is 18.4 Å². The van der Waals surface area contributed by atoms with E-state index >= 15 is 0 Å². The minimum Gasteiger partial charge on any atom is -0.481 e. The fourth-order valence-corrected chi connectivity index (χ4v) is 2.33. The highest BCUT2D eigenvalue weighted by molar-refractivity contribution is 7.86. The number of benzene rings is 2. The van der Waals surface area contributed by atoms with Gasteiger partial charge in [-0.1, -0.05) is 24.3 Å². The molecule has 0 radical (unpaired) electrons. The van der Waals surface area contributed by atoms with Gasteiger partial charge in [0.05, 0.1) is 12.2 Å². The Kier molecular flexibility index (Phi) is 3.67. The molecule has 0 aliphatic rings. The molecule has 1 unspecified atom stereocenters. The molecule has 0 aliphatic carbocycles. The Labute approximate surface area is 116 Å². The van der Waals surface area contributed by atoms with Crippen LogP contribution >= 0.6 is 0 Å². The van der Waals surface area contributed by atoms with Crippen LogP contribution in [0.3, 0.4) is 0 Å². The van der Waals surface area contributed by atoms with E-state index in [9.17, 15) is 13.2 Å². The Morgan fingerprint density at radius 1 is 1.15 bits per heavy atom. The maximum atomic E-state index is 11.1. The van der Waals surface area contributed by atoms with Gasteiger partial charge in [-0.25, -0.2) is 0 Å². The van der Waals surface area contributed by atoms with Gasteiger partial charge in [-0.2, -0.15) is 8.42 Å². The molecule has 6 heteroatoms. The predicted octanol–water partition coefficient (Wildman–Crippen LogP) is 2.37. The van der Waals surface area contributed by atoms with E-state index in [0.717, 1.165) is 17.0 Å². The highest BCUT2D eigenvalue weighted by atomic mass is 32.2. The second kappa shape index (κ2) is 5.13. The van der Waals surface area contributed by atoms with Crippen molar-refractivity contribution in [1.29, 1.82) is 0 Å². The van der Waals surface area contributed by atoms with Gasteiger partial charge >= 0.3 is 16.1 Å². The molecule has 0 spiro atoms. The molecule has 2 aromatic carbocycles. The number of hydrogen-bond donors (Lipinski definition) is 1. The lowest BCUT2D eigenvalue weighted by Gasteiger charge is -2.09. The van der Waals surface area contributed by atoms with Crippen molar-refractivity contribution in [2.24, 2.45) is 0 Å². The molecular formula is C14H14O5S. The fourth-order valence-electron chi connectivity index (χ4n) is 1.88. The molecule has 0 saturated carbocycles. The lowest BCUT2D eigenvalue weighted by Crippen LogP contribution is -2.07. The average Bonchev–Trinajstić information content (AvgIpc) is 2.35. The summed E-state index contributed by atoms with van der Waals surface area (Å²) in [5, 5.41) is 10.6. The highest BCUT2D eigenvalue weighted by Crippen LogP contribution is 2.25. The molecule has 0 heterocycles. The van der Waals surface area contributed by atoms with Gasteiger partial charge in [0.2, 0.25) is 0 Å². The van der Waals surface area contributed by atoms with Crippen molar-refractivity contribution in [1.82, 2.24) is 0 Å². The van der Waals surface area contributed by atoms with Crippen molar-refractivity contribution in [2.75, 3.05) is 6.26 Å². The fraction of sp³-hybridized carbons (Fsp3) is 0.214. The maximum Gasteiger partial charge on any atom is 0.310 e. The van der Waals surface area contributed by atoms with Crippen molar-refractivity contribution < 1.29 is 22.5 Å². The summed E-state index contributed by atoms with van der Waals surface area (Å²) in [6.45, 7) is 1.62. The van der Waals surface area contributed by atoms with Crippen LogP contribution in [0.25, 0.3) is 10.8 Å². The quantitative estimate of drug-likeness (QED) is 0.875.